The Hall–Kier alpha value is -4.19. The molecule has 258 valence electrons. The van der Waals surface area contributed by atoms with Gasteiger partial charge in [-0.3, -0.25) is 19.8 Å². The van der Waals surface area contributed by atoms with Crippen molar-refractivity contribution in [3.63, 3.8) is 0 Å². The lowest BCUT2D eigenvalue weighted by molar-refractivity contribution is -0.895. The maximum absolute atomic E-state index is 14.5. The number of hydrogen-bond donors (Lipinski definition) is 3. The van der Waals surface area contributed by atoms with E-state index in [9.17, 15) is 28.3 Å². The molecule has 0 radical (unpaired) electrons. The lowest BCUT2D eigenvalue weighted by Crippen LogP contribution is -2.70. The zero-order chi connectivity index (χ0) is 34.7. The Morgan fingerprint density at radius 2 is 1.60 bits per heavy atom. The normalized spacial score (nSPS) is 19.5. The average molecular weight is 665 g/mol. The zero-order valence-corrected chi connectivity index (χ0v) is 28.1. The summed E-state index contributed by atoms with van der Waals surface area (Å²) in [7, 11) is 1.84. The topological polar surface area (TPSA) is 102 Å². The number of hydrogen-bond acceptors (Lipinski definition) is 5. The van der Waals surface area contributed by atoms with E-state index in [1.807, 2.05) is 56.1 Å². The number of nitrogens with one attached hydrogen (secondary N) is 2. The van der Waals surface area contributed by atoms with Crippen LogP contribution in [0.2, 0.25) is 0 Å². The van der Waals surface area contributed by atoms with Gasteiger partial charge >= 0.3 is 6.09 Å². The Balaban J connectivity index is 1.52. The summed E-state index contributed by atoms with van der Waals surface area (Å²) in [6.07, 6.45) is 1.42. The Morgan fingerprint density at radius 1 is 0.938 bits per heavy atom. The molecule has 11 heteroatoms. The van der Waals surface area contributed by atoms with E-state index in [0.717, 1.165) is 24.5 Å². The highest BCUT2D eigenvalue weighted by Crippen LogP contribution is 2.38. The Morgan fingerprint density at radius 3 is 2.25 bits per heavy atom. The number of carbonyl (C=O) groups is 3. The number of benzene rings is 3. The molecule has 1 heterocycles. The van der Waals surface area contributed by atoms with Crippen LogP contribution in [0.4, 0.5) is 13.6 Å². The molecule has 3 aromatic rings. The fourth-order valence-electron chi connectivity index (χ4n) is 6.78. The number of piperazine rings is 1. The molecule has 0 spiro atoms. The van der Waals surface area contributed by atoms with Crippen LogP contribution < -0.4 is 10.6 Å². The summed E-state index contributed by atoms with van der Waals surface area (Å²) in [6.45, 7) is 6.82. The smallest absolute Gasteiger partial charge is 0.435 e. The molecule has 0 aliphatic carbocycles. The molecule has 0 saturated carbocycles. The van der Waals surface area contributed by atoms with Crippen LogP contribution in [0.15, 0.2) is 72.8 Å². The predicted molar refractivity (Wildman–Crippen MR) is 181 cm³/mol. The summed E-state index contributed by atoms with van der Waals surface area (Å²) < 4.78 is 28.6. The van der Waals surface area contributed by atoms with Gasteiger partial charge in [-0.2, -0.15) is 4.79 Å². The third-order valence-electron chi connectivity index (χ3n) is 9.11. The van der Waals surface area contributed by atoms with Gasteiger partial charge in [0.25, 0.3) is 11.8 Å². The Bertz CT molecular complexity index is 1510. The van der Waals surface area contributed by atoms with Gasteiger partial charge in [0, 0.05) is 56.3 Å². The van der Waals surface area contributed by atoms with Gasteiger partial charge in [0.1, 0.15) is 30.9 Å². The third-order valence-corrected chi connectivity index (χ3v) is 9.11. The molecule has 0 bridgehead atoms. The van der Waals surface area contributed by atoms with Gasteiger partial charge in [-0.1, -0.05) is 50.2 Å². The molecule has 1 saturated heterocycles. The van der Waals surface area contributed by atoms with Crippen molar-refractivity contribution in [3.8, 4) is 0 Å². The SMILES string of the molecule is CCCN(CCC)C(=O)c1cccc(C(=O)NCCCC2C(c3cc(F)cc(F)c3)N(C)CC[N+]2(CNCc2ccccc2)C(=O)O)c1. The van der Waals surface area contributed by atoms with Crippen LogP contribution in [0.25, 0.3) is 0 Å². The van der Waals surface area contributed by atoms with Crippen LogP contribution in [0.1, 0.15) is 77.4 Å². The molecule has 1 aliphatic rings. The number of carboxylic acid groups (broad SMARTS) is 1. The first-order chi connectivity index (χ1) is 23.1. The van der Waals surface area contributed by atoms with E-state index in [2.05, 4.69) is 10.6 Å². The molecule has 3 atom stereocenters. The molecule has 4 rings (SSSR count). The van der Waals surface area contributed by atoms with E-state index in [1.165, 1.54) is 12.1 Å². The van der Waals surface area contributed by atoms with E-state index in [1.54, 1.807) is 29.2 Å². The number of nitrogens with zero attached hydrogens (tertiary/aromatic N) is 3. The number of amides is 3. The number of rotatable bonds is 15. The highest BCUT2D eigenvalue weighted by atomic mass is 19.1. The van der Waals surface area contributed by atoms with E-state index in [4.69, 9.17) is 0 Å². The van der Waals surface area contributed by atoms with Gasteiger partial charge in [-0.25, -0.2) is 13.3 Å². The van der Waals surface area contributed by atoms with Gasteiger partial charge in [0.05, 0.1) is 6.04 Å². The fraction of sp³-hybridized carbons (Fsp3) is 0.432. The minimum absolute atomic E-state index is 0.108. The van der Waals surface area contributed by atoms with Crippen molar-refractivity contribution < 1.29 is 32.8 Å². The second-order valence-corrected chi connectivity index (χ2v) is 12.6. The van der Waals surface area contributed by atoms with Gasteiger partial charge in [-0.05, 0) is 67.8 Å². The van der Waals surface area contributed by atoms with Crippen molar-refractivity contribution in [2.75, 3.05) is 46.4 Å². The highest BCUT2D eigenvalue weighted by Gasteiger charge is 2.52. The molecule has 3 amide bonds. The number of quaternary nitrogens is 1. The molecule has 0 aromatic heterocycles. The average Bonchev–Trinajstić information content (AvgIpc) is 3.07. The maximum Gasteiger partial charge on any atom is 0.514 e. The van der Waals surface area contributed by atoms with E-state index >= 15 is 0 Å². The molecule has 3 N–H and O–H groups in total. The first-order valence-electron chi connectivity index (χ1n) is 16.8. The summed E-state index contributed by atoms with van der Waals surface area (Å²) in [6, 6.07) is 18.5. The van der Waals surface area contributed by atoms with Crippen molar-refractivity contribution >= 4 is 17.9 Å². The minimum atomic E-state index is -1.03. The van der Waals surface area contributed by atoms with Crippen LogP contribution in [0, 0.1) is 11.6 Å². The molecular weight excluding hydrogens is 616 g/mol. The van der Waals surface area contributed by atoms with Crippen LogP contribution >= 0.6 is 0 Å². The first-order valence-corrected chi connectivity index (χ1v) is 16.8. The predicted octanol–water partition coefficient (Wildman–Crippen LogP) is 6.03. The summed E-state index contributed by atoms with van der Waals surface area (Å²) in [5, 5.41) is 17.0. The van der Waals surface area contributed by atoms with Crippen molar-refractivity contribution in [3.05, 3.63) is 107 Å². The van der Waals surface area contributed by atoms with Gasteiger partial charge in [0.2, 0.25) is 0 Å². The zero-order valence-electron chi connectivity index (χ0n) is 28.1. The first kappa shape index (κ1) is 36.6. The van der Waals surface area contributed by atoms with Crippen LogP contribution in [-0.2, 0) is 6.54 Å². The lowest BCUT2D eigenvalue weighted by Gasteiger charge is -2.50. The molecular formula is C37H48F2N5O4+. The third kappa shape index (κ3) is 9.03. The second-order valence-electron chi connectivity index (χ2n) is 12.6. The number of carbonyl (C=O) groups excluding carboxylic acids is 2. The van der Waals surface area contributed by atoms with Crippen LogP contribution in [0.5, 0.6) is 0 Å². The molecule has 48 heavy (non-hydrogen) atoms. The summed E-state index contributed by atoms with van der Waals surface area (Å²) in [4.78, 5) is 43.2. The van der Waals surface area contributed by atoms with Crippen LogP contribution in [0.3, 0.4) is 0 Å². The fourth-order valence-corrected chi connectivity index (χ4v) is 6.78. The number of likely N-dealkylation sites (N-methyl/N-ethyl adjacent to an activating group) is 1. The maximum atomic E-state index is 14.5. The highest BCUT2D eigenvalue weighted by molar-refractivity contribution is 5.99. The van der Waals surface area contributed by atoms with Gasteiger partial charge in [-0.15, -0.1) is 0 Å². The molecule has 9 nitrogen and oxygen atoms in total. The van der Waals surface area contributed by atoms with Crippen molar-refractivity contribution in [2.45, 2.75) is 58.2 Å². The largest absolute Gasteiger partial charge is 0.514 e. The van der Waals surface area contributed by atoms with E-state index < -0.39 is 29.8 Å². The molecule has 3 unspecified atom stereocenters. The Labute approximate surface area is 282 Å². The van der Waals surface area contributed by atoms with Crippen LogP contribution in [-0.4, -0.2) is 89.8 Å². The van der Waals surface area contributed by atoms with E-state index in [-0.39, 0.29) is 36.1 Å². The van der Waals surface area contributed by atoms with E-state index in [0.29, 0.717) is 55.7 Å². The summed E-state index contributed by atoms with van der Waals surface area (Å²) in [5.74, 6) is -1.90. The molecule has 3 aromatic carbocycles. The van der Waals surface area contributed by atoms with Crippen molar-refractivity contribution in [1.29, 1.82) is 0 Å². The standard InChI is InChI=1S/C37H47F2N5O4/c1-4-17-43(18-5-2)36(46)29-14-9-13-28(21-29)35(45)41-16-10-15-33-34(30-22-31(38)24-32(39)23-30)42(3)19-20-44(33,37(47)48)26-40-25-27-11-7-6-8-12-27/h6-9,11-14,21-24,33-34,40H,4-5,10,15-20,25-26H2,1-3H3,(H-,41,45,47,48)/p+1. The molecule has 1 fully saturated rings. The van der Waals surface area contributed by atoms with Gasteiger partial charge < -0.3 is 15.3 Å². The molecule has 1 aliphatic heterocycles. The Kier molecular flexibility index (Phi) is 13.2. The second kappa shape index (κ2) is 17.3. The minimum Gasteiger partial charge on any atom is -0.435 e. The van der Waals surface area contributed by atoms with Crippen molar-refractivity contribution in [1.82, 2.24) is 20.4 Å². The lowest BCUT2D eigenvalue weighted by atomic mass is 9.89. The number of halogens is 2. The monoisotopic (exact) mass is 664 g/mol. The summed E-state index contributed by atoms with van der Waals surface area (Å²) in [5.41, 5.74) is 2.19. The summed E-state index contributed by atoms with van der Waals surface area (Å²) >= 11 is 0. The quantitative estimate of drug-likeness (QED) is 0.135. The van der Waals surface area contributed by atoms with Gasteiger partial charge in [0.15, 0.2) is 0 Å². The van der Waals surface area contributed by atoms with Crippen molar-refractivity contribution in [2.24, 2.45) is 0 Å².